The summed E-state index contributed by atoms with van der Waals surface area (Å²) in [7, 11) is 1.83. The minimum Gasteiger partial charge on any atom is -0.365 e. The number of hydrogen-bond acceptors (Lipinski definition) is 4. The van der Waals surface area contributed by atoms with Gasteiger partial charge >= 0.3 is 0 Å². The average molecular weight is 329 g/mol. The lowest BCUT2D eigenvalue weighted by Gasteiger charge is -2.40. The summed E-state index contributed by atoms with van der Waals surface area (Å²) in [6.07, 6.45) is 2.15. The molecule has 1 aliphatic heterocycles. The normalized spacial score (nSPS) is 21.3. The van der Waals surface area contributed by atoms with E-state index in [2.05, 4.69) is 41.5 Å². The van der Waals surface area contributed by atoms with Crippen LogP contribution in [0.2, 0.25) is 0 Å². The van der Waals surface area contributed by atoms with Crippen LogP contribution >= 0.6 is 11.3 Å². The molecule has 0 spiro atoms. The van der Waals surface area contributed by atoms with E-state index < -0.39 is 0 Å². The van der Waals surface area contributed by atoms with Crippen molar-refractivity contribution in [3.8, 4) is 0 Å². The highest BCUT2D eigenvalue weighted by Gasteiger charge is 2.35. The Labute approximate surface area is 141 Å². The molecule has 0 radical (unpaired) electrons. The second kappa shape index (κ2) is 6.32. The average Bonchev–Trinajstić information content (AvgIpc) is 2.96. The van der Waals surface area contributed by atoms with Gasteiger partial charge in [0.15, 0.2) is 5.13 Å². The van der Waals surface area contributed by atoms with Crippen LogP contribution in [0.3, 0.4) is 0 Å². The van der Waals surface area contributed by atoms with Gasteiger partial charge in [-0.05, 0) is 25.3 Å². The minimum atomic E-state index is 0.0274. The number of thiazole rings is 1. The third-order valence-corrected chi connectivity index (χ3v) is 5.82. The molecule has 2 aromatic rings. The molecule has 1 saturated heterocycles. The molecule has 0 unspecified atom stereocenters. The molecule has 1 aromatic heterocycles. The molecule has 0 bridgehead atoms. The van der Waals surface area contributed by atoms with Gasteiger partial charge in [-0.1, -0.05) is 48.6 Å². The Morgan fingerprint density at radius 3 is 2.74 bits per heavy atom. The summed E-state index contributed by atoms with van der Waals surface area (Å²) >= 11 is 1.44. The topological polar surface area (TPSA) is 45.2 Å². The van der Waals surface area contributed by atoms with E-state index in [4.69, 9.17) is 0 Å². The van der Waals surface area contributed by atoms with Crippen LogP contribution in [0.15, 0.2) is 30.3 Å². The fourth-order valence-electron chi connectivity index (χ4n) is 3.33. The molecule has 1 atom stereocenters. The van der Waals surface area contributed by atoms with Crippen LogP contribution in [0.4, 0.5) is 5.13 Å². The van der Waals surface area contributed by atoms with E-state index in [1.165, 1.54) is 16.9 Å². The molecule has 122 valence electrons. The van der Waals surface area contributed by atoms with E-state index in [0.717, 1.165) is 41.6 Å². The number of nitrogens with zero attached hydrogens (tertiary/aromatic N) is 2. The molecule has 1 aliphatic rings. The summed E-state index contributed by atoms with van der Waals surface area (Å²) in [5.74, 6) is 0.114. The molecule has 5 heteroatoms. The fraction of sp³-hybridized carbons (Fsp3) is 0.444. The first-order valence-corrected chi connectivity index (χ1v) is 8.85. The summed E-state index contributed by atoms with van der Waals surface area (Å²) in [5.41, 5.74) is 2.16. The first kappa shape index (κ1) is 16.0. The van der Waals surface area contributed by atoms with Crippen LogP contribution < -0.4 is 5.32 Å². The van der Waals surface area contributed by atoms with Crippen LogP contribution in [0.5, 0.6) is 0 Å². The number of anilines is 1. The molecule has 1 aromatic carbocycles. The number of benzene rings is 1. The van der Waals surface area contributed by atoms with Crippen molar-refractivity contribution in [3.63, 3.8) is 0 Å². The number of rotatable bonds is 3. The summed E-state index contributed by atoms with van der Waals surface area (Å²) in [6, 6.07) is 10.5. The Morgan fingerprint density at radius 2 is 2.09 bits per heavy atom. The first-order chi connectivity index (χ1) is 11.0. The van der Waals surface area contributed by atoms with E-state index in [1.807, 2.05) is 24.9 Å². The number of carbonyl (C=O) groups excluding carboxylic acids is 1. The van der Waals surface area contributed by atoms with Gasteiger partial charge in [-0.2, -0.15) is 0 Å². The lowest BCUT2D eigenvalue weighted by Crippen LogP contribution is -2.47. The number of likely N-dealkylation sites (tertiary alicyclic amines) is 1. The molecule has 1 amide bonds. The summed E-state index contributed by atoms with van der Waals surface area (Å²) < 4.78 is 0. The van der Waals surface area contributed by atoms with E-state index >= 15 is 0 Å². The molecule has 0 saturated carbocycles. The van der Waals surface area contributed by atoms with Gasteiger partial charge < -0.3 is 10.2 Å². The number of piperidine rings is 1. The monoisotopic (exact) mass is 329 g/mol. The van der Waals surface area contributed by atoms with Crippen molar-refractivity contribution in [2.24, 2.45) is 0 Å². The SMILES string of the molecule is CNc1nc(C)c(C(=O)N2CCC[C@@](C)(c3ccccc3)C2)s1. The van der Waals surface area contributed by atoms with Gasteiger partial charge in [0.05, 0.1) is 5.69 Å². The van der Waals surface area contributed by atoms with Crippen molar-refractivity contribution in [3.05, 3.63) is 46.5 Å². The Balaban J connectivity index is 1.83. The van der Waals surface area contributed by atoms with Crippen molar-refractivity contribution in [1.82, 2.24) is 9.88 Å². The smallest absolute Gasteiger partial charge is 0.265 e. The van der Waals surface area contributed by atoms with Crippen LogP contribution in [0.25, 0.3) is 0 Å². The third-order valence-electron chi connectivity index (χ3n) is 4.66. The van der Waals surface area contributed by atoms with Crippen LogP contribution in [0, 0.1) is 6.92 Å². The van der Waals surface area contributed by atoms with Gasteiger partial charge in [-0.15, -0.1) is 0 Å². The van der Waals surface area contributed by atoms with E-state index in [-0.39, 0.29) is 11.3 Å². The molecule has 1 N–H and O–H groups in total. The minimum absolute atomic E-state index is 0.0274. The first-order valence-electron chi connectivity index (χ1n) is 8.03. The van der Waals surface area contributed by atoms with Gasteiger partial charge in [0.1, 0.15) is 4.88 Å². The van der Waals surface area contributed by atoms with E-state index in [1.54, 1.807) is 0 Å². The Kier molecular flexibility index (Phi) is 4.39. The highest BCUT2D eigenvalue weighted by molar-refractivity contribution is 7.17. The zero-order chi connectivity index (χ0) is 16.4. The number of aryl methyl sites for hydroxylation is 1. The number of carbonyl (C=O) groups is 1. The van der Waals surface area contributed by atoms with Crippen molar-refractivity contribution >= 4 is 22.4 Å². The van der Waals surface area contributed by atoms with Crippen LogP contribution in [-0.2, 0) is 5.41 Å². The number of hydrogen-bond donors (Lipinski definition) is 1. The lowest BCUT2D eigenvalue weighted by molar-refractivity contribution is 0.0655. The maximum Gasteiger partial charge on any atom is 0.265 e. The van der Waals surface area contributed by atoms with Gasteiger partial charge in [0, 0.05) is 25.6 Å². The zero-order valence-corrected chi connectivity index (χ0v) is 14.7. The van der Waals surface area contributed by atoms with Gasteiger partial charge in [0.25, 0.3) is 5.91 Å². The molecular formula is C18H23N3OS. The zero-order valence-electron chi connectivity index (χ0n) is 13.9. The van der Waals surface area contributed by atoms with Crippen molar-refractivity contribution < 1.29 is 4.79 Å². The summed E-state index contributed by atoms with van der Waals surface area (Å²) in [5, 5.41) is 3.82. The highest BCUT2D eigenvalue weighted by Crippen LogP contribution is 2.35. The standard InChI is InChI=1S/C18H23N3OS/c1-13-15(23-17(19-3)20-13)16(22)21-11-7-10-18(2,12-21)14-8-5-4-6-9-14/h4-6,8-9H,7,10-12H2,1-3H3,(H,19,20)/t18-/m1/s1. The third kappa shape index (κ3) is 3.11. The molecule has 2 heterocycles. The molecule has 23 heavy (non-hydrogen) atoms. The van der Waals surface area contributed by atoms with Crippen LogP contribution in [-0.4, -0.2) is 35.9 Å². The largest absolute Gasteiger partial charge is 0.365 e. The van der Waals surface area contributed by atoms with Crippen molar-refractivity contribution in [1.29, 1.82) is 0 Å². The number of aromatic nitrogens is 1. The maximum absolute atomic E-state index is 12.9. The molecule has 1 fully saturated rings. The van der Waals surface area contributed by atoms with E-state index in [9.17, 15) is 4.79 Å². The van der Waals surface area contributed by atoms with Gasteiger partial charge in [-0.25, -0.2) is 4.98 Å². The highest BCUT2D eigenvalue weighted by atomic mass is 32.1. The summed E-state index contributed by atoms with van der Waals surface area (Å²) in [4.78, 5) is 20.1. The number of nitrogens with one attached hydrogen (secondary N) is 1. The van der Waals surface area contributed by atoms with Crippen molar-refractivity contribution in [2.45, 2.75) is 32.1 Å². The van der Waals surface area contributed by atoms with E-state index in [0.29, 0.717) is 0 Å². The predicted molar refractivity (Wildman–Crippen MR) is 95.3 cm³/mol. The molecule has 3 rings (SSSR count). The quantitative estimate of drug-likeness (QED) is 0.934. The van der Waals surface area contributed by atoms with Gasteiger partial charge in [0.2, 0.25) is 0 Å². The number of amides is 1. The fourth-order valence-corrected chi connectivity index (χ4v) is 4.22. The Hall–Kier alpha value is -1.88. The lowest BCUT2D eigenvalue weighted by atomic mass is 9.76. The second-order valence-electron chi connectivity index (χ2n) is 6.44. The Bertz CT molecular complexity index is 698. The van der Waals surface area contributed by atoms with Crippen LogP contribution in [0.1, 0.15) is 40.7 Å². The summed E-state index contributed by atoms with van der Waals surface area (Å²) in [6.45, 7) is 5.76. The molecule has 0 aliphatic carbocycles. The predicted octanol–water partition coefficient (Wildman–Crippen LogP) is 3.69. The van der Waals surface area contributed by atoms with Crippen molar-refractivity contribution in [2.75, 3.05) is 25.5 Å². The maximum atomic E-state index is 12.9. The molecule has 4 nitrogen and oxygen atoms in total. The second-order valence-corrected chi connectivity index (χ2v) is 7.44. The Morgan fingerprint density at radius 1 is 1.35 bits per heavy atom. The van der Waals surface area contributed by atoms with Gasteiger partial charge in [-0.3, -0.25) is 4.79 Å². The molecular weight excluding hydrogens is 306 g/mol.